The highest BCUT2D eigenvalue weighted by Crippen LogP contribution is 2.16. The zero-order chi connectivity index (χ0) is 11.5. The number of hydrogen-bond acceptors (Lipinski definition) is 3. The summed E-state index contributed by atoms with van der Waals surface area (Å²) in [4.78, 5) is 10.8. The second-order valence-electron chi connectivity index (χ2n) is 4.37. The molecule has 84 valence electrons. The average Bonchev–Trinajstić information content (AvgIpc) is 2.51. The summed E-state index contributed by atoms with van der Waals surface area (Å²) in [5, 5.41) is 16.3. The van der Waals surface area contributed by atoms with Crippen LogP contribution < -0.4 is 5.32 Å². The highest BCUT2D eigenvalue weighted by Gasteiger charge is 2.26. The predicted molar refractivity (Wildman–Crippen MR) is 62.2 cm³/mol. The van der Waals surface area contributed by atoms with Gasteiger partial charge in [-0.2, -0.15) is 11.3 Å². The van der Waals surface area contributed by atoms with Crippen LogP contribution in [0.1, 0.15) is 25.0 Å². The summed E-state index contributed by atoms with van der Waals surface area (Å²) >= 11 is 1.67. The summed E-state index contributed by atoms with van der Waals surface area (Å²) in [6.07, 6.45) is 0. The third-order valence-electron chi connectivity index (χ3n) is 2.42. The number of carboxylic acid groups (broad SMARTS) is 1. The molecular formula is C11H17NO2S. The Kier molecular flexibility index (Phi) is 3.88. The first-order valence-electron chi connectivity index (χ1n) is 4.89. The molecule has 4 heteroatoms. The van der Waals surface area contributed by atoms with Crippen LogP contribution in [0.3, 0.4) is 0 Å². The van der Waals surface area contributed by atoms with E-state index in [1.54, 1.807) is 25.2 Å². The van der Waals surface area contributed by atoms with Gasteiger partial charge < -0.3 is 10.4 Å². The molecule has 1 rings (SSSR count). The van der Waals surface area contributed by atoms with E-state index >= 15 is 0 Å². The van der Waals surface area contributed by atoms with Gasteiger partial charge in [0.05, 0.1) is 5.41 Å². The molecule has 1 aromatic rings. The van der Waals surface area contributed by atoms with Crippen molar-refractivity contribution < 1.29 is 9.90 Å². The molecule has 3 nitrogen and oxygen atoms in total. The SMILES string of the molecule is Cc1cscc1CNCC(C)(C)C(=O)O. The Bertz CT molecular complexity index is 344. The van der Waals surface area contributed by atoms with Gasteiger partial charge in [0, 0.05) is 13.1 Å². The minimum absolute atomic E-state index is 0.484. The zero-order valence-electron chi connectivity index (χ0n) is 9.33. The van der Waals surface area contributed by atoms with Crippen LogP contribution in [-0.4, -0.2) is 17.6 Å². The predicted octanol–water partition coefficient (Wildman–Crippen LogP) is 2.26. The van der Waals surface area contributed by atoms with Crippen molar-refractivity contribution in [2.75, 3.05) is 6.54 Å². The molecule has 2 N–H and O–H groups in total. The van der Waals surface area contributed by atoms with Crippen LogP contribution in [0.25, 0.3) is 0 Å². The number of rotatable bonds is 5. The minimum Gasteiger partial charge on any atom is -0.481 e. The Morgan fingerprint density at radius 3 is 2.67 bits per heavy atom. The Labute approximate surface area is 94.1 Å². The maximum atomic E-state index is 10.8. The van der Waals surface area contributed by atoms with Crippen LogP contribution in [-0.2, 0) is 11.3 Å². The number of nitrogens with one attached hydrogen (secondary N) is 1. The molecule has 0 spiro atoms. The van der Waals surface area contributed by atoms with Crippen LogP contribution in [0.5, 0.6) is 0 Å². The van der Waals surface area contributed by atoms with Crippen molar-refractivity contribution >= 4 is 17.3 Å². The van der Waals surface area contributed by atoms with Gasteiger partial charge in [-0.05, 0) is 42.7 Å². The largest absolute Gasteiger partial charge is 0.481 e. The number of hydrogen-bond donors (Lipinski definition) is 2. The second kappa shape index (κ2) is 4.77. The molecule has 0 atom stereocenters. The Morgan fingerprint density at radius 1 is 1.53 bits per heavy atom. The van der Waals surface area contributed by atoms with Crippen molar-refractivity contribution in [2.45, 2.75) is 27.3 Å². The first-order chi connectivity index (χ1) is 6.93. The summed E-state index contributed by atoms with van der Waals surface area (Å²) in [6.45, 7) is 6.74. The van der Waals surface area contributed by atoms with Crippen LogP contribution in [0, 0.1) is 12.3 Å². The monoisotopic (exact) mass is 227 g/mol. The van der Waals surface area contributed by atoms with Crippen molar-refractivity contribution in [1.82, 2.24) is 5.32 Å². The standard InChI is InChI=1S/C11H17NO2S/c1-8-5-15-6-9(8)4-12-7-11(2,3)10(13)14/h5-6,12H,4,7H2,1-3H3,(H,13,14). The normalized spacial score (nSPS) is 11.7. The fraction of sp³-hybridized carbons (Fsp3) is 0.545. The lowest BCUT2D eigenvalue weighted by atomic mass is 9.94. The van der Waals surface area contributed by atoms with Gasteiger partial charge >= 0.3 is 5.97 Å². The van der Waals surface area contributed by atoms with Gasteiger partial charge in [0.25, 0.3) is 0 Å². The summed E-state index contributed by atoms with van der Waals surface area (Å²) in [7, 11) is 0. The Hall–Kier alpha value is -0.870. The van der Waals surface area contributed by atoms with E-state index in [0.717, 1.165) is 6.54 Å². The van der Waals surface area contributed by atoms with E-state index in [-0.39, 0.29) is 0 Å². The van der Waals surface area contributed by atoms with Crippen molar-refractivity contribution in [3.8, 4) is 0 Å². The zero-order valence-corrected chi connectivity index (χ0v) is 10.1. The van der Waals surface area contributed by atoms with Crippen molar-refractivity contribution in [3.63, 3.8) is 0 Å². The lowest BCUT2D eigenvalue weighted by Crippen LogP contribution is -2.35. The van der Waals surface area contributed by atoms with Gasteiger partial charge in [0.15, 0.2) is 0 Å². The molecule has 15 heavy (non-hydrogen) atoms. The molecule has 0 saturated heterocycles. The molecule has 1 heterocycles. The maximum Gasteiger partial charge on any atom is 0.310 e. The van der Waals surface area contributed by atoms with Crippen LogP contribution in [0.2, 0.25) is 0 Å². The molecule has 0 aromatic carbocycles. The minimum atomic E-state index is -0.767. The molecule has 0 aliphatic carbocycles. The van der Waals surface area contributed by atoms with E-state index in [4.69, 9.17) is 5.11 Å². The molecule has 0 fully saturated rings. The lowest BCUT2D eigenvalue weighted by Gasteiger charge is -2.19. The van der Waals surface area contributed by atoms with E-state index in [9.17, 15) is 4.79 Å². The molecule has 0 radical (unpaired) electrons. The average molecular weight is 227 g/mol. The van der Waals surface area contributed by atoms with Gasteiger partial charge in [-0.1, -0.05) is 0 Å². The van der Waals surface area contributed by atoms with Gasteiger partial charge in [0.1, 0.15) is 0 Å². The highest BCUT2D eigenvalue weighted by atomic mass is 32.1. The van der Waals surface area contributed by atoms with Crippen LogP contribution >= 0.6 is 11.3 Å². The molecule has 0 amide bonds. The van der Waals surface area contributed by atoms with Crippen molar-refractivity contribution in [2.24, 2.45) is 5.41 Å². The van der Waals surface area contributed by atoms with Gasteiger partial charge in [-0.25, -0.2) is 0 Å². The smallest absolute Gasteiger partial charge is 0.310 e. The molecular weight excluding hydrogens is 210 g/mol. The van der Waals surface area contributed by atoms with E-state index in [1.807, 2.05) is 0 Å². The second-order valence-corrected chi connectivity index (χ2v) is 5.12. The van der Waals surface area contributed by atoms with E-state index < -0.39 is 11.4 Å². The third kappa shape index (κ3) is 3.32. The highest BCUT2D eigenvalue weighted by molar-refractivity contribution is 7.08. The molecule has 0 bridgehead atoms. The van der Waals surface area contributed by atoms with E-state index in [0.29, 0.717) is 6.54 Å². The molecule has 0 aliphatic rings. The molecule has 0 aliphatic heterocycles. The fourth-order valence-corrected chi connectivity index (χ4v) is 2.01. The van der Waals surface area contributed by atoms with Crippen molar-refractivity contribution in [3.05, 3.63) is 21.9 Å². The van der Waals surface area contributed by atoms with Gasteiger partial charge in [0.2, 0.25) is 0 Å². The Balaban J connectivity index is 2.40. The van der Waals surface area contributed by atoms with Crippen LogP contribution in [0.15, 0.2) is 10.8 Å². The Morgan fingerprint density at radius 2 is 2.20 bits per heavy atom. The first-order valence-corrected chi connectivity index (χ1v) is 5.83. The third-order valence-corrected chi connectivity index (χ3v) is 3.33. The number of carbonyl (C=O) groups is 1. The summed E-state index contributed by atoms with van der Waals surface area (Å²) in [5.41, 5.74) is 1.81. The quantitative estimate of drug-likeness (QED) is 0.811. The number of aryl methyl sites for hydroxylation is 1. The molecule has 0 unspecified atom stereocenters. The molecule has 1 aromatic heterocycles. The summed E-state index contributed by atoms with van der Waals surface area (Å²) in [6, 6.07) is 0. The first kappa shape index (κ1) is 12.2. The lowest BCUT2D eigenvalue weighted by molar-refractivity contribution is -0.146. The fourth-order valence-electron chi connectivity index (χ4n) is 1.15. The van der Waals surface area contributed by atoms with Crippen LogP contribution in [0.4, 0.5) is 0 Å². The molecule has 0 saturated carbocycles. The summed E-state index contributed by atoms with van der Waals surface area (Å²) < 4.78 is 0. The topological polar surface area (TPSA) is 49.3 Å². The van der Waals surface area contributed by atoms with E-state index in [1.165, 1.54) is 11.1 Å². The maximum absolute atomic E-state index is 10.8. The number of thiophene rings is 1. The van der Waals surface area contributed by atoms with E-state index in [2.05, 4.69) is 23.0 Å². The summed E-state index contributed by atoms with van der Waals surface area (Å²) in [5.74, 6) is -0.767. The number of aliphatic carboxylic acids is 1. The number of carboxylic acids is 1. The van der Waals surface area contributed by atoms with Gasteiger partial charge in [-0.3, -0.25) is 4.79 Å². The van der Waals surface area contributed by atoms with Crippen molar-refractivity contribution in [1.29, 1.82) is 0 Å². The van der Waals surface area contributed by atoms with Gasteiger partial charge in [-0.15, -0.1) is 0 Å².